The quantitative estimate of drug-likeness (QED) is 0.605. The molecular formula is C21H20N4O2. The molecular weight excluding hydrogens is 340 g/mol. The Morgan fingerprint density at radius 3 is 2.48 bits per heavy atom. The highest BCUT2D eigenvalue weighted by Crippen LogP contribution is 2.27. The zero-order valence-corrected chi connectivity index (χ0v) is 15.4. The number of hydrogen-bond acceptors (Lipinski definition) is 3. The average Bonchev–Trinajstić information content (AvgIpc) is 3.10. The van der Waals surface area contributed by atoms with Gasteiger partial charge in [-0.1, -0.05) is 24.3 Å². The van der Waals surface area contributed by atoms with Crippen molar-refractivity contribution in [1.82, 2.24) is 14.3 Å². The predicted octanol–water partition coefficient (Wildman–Crippen LogP) is 3.72. The van der Waals surface area contributed by atoms with Crippen LogP contribution in [0, 0.1) is 0 Å². The molecule has 0 atom stereocenters. The molecule has 0 aliphatic rings. The second-order valence-corrected chi connectivity index (χ2v) is 6.83. The van der Waals surface area contributed by atoms with Crippen molar-refractivity contribution in [2.75, 3.05) is 5.32 Å². The highest BCUT2D eigenvalue weighted by atomic mass is 16.2. The fourth-order valence-corrected chi connectivity index (χ4v) is 3.40. The Morgan fingerprint density at radius 1 is 1.00 bits per heavy atom. The third kappa shape index (κ3) is 2.79. The summed E-state index contributed by atoms with van der Waals surface area (Å²) in [5, 5.41) is 9.15. The predicted molar refractivity (Wildman–Crippen MR) is 107 cm³/mol. The number of carbonyl (C=O) groups excluding carboxylic acids is 1. The first kappa shape index (κ1) is 17.0. The first-order valence-corrected chi connectivity index (χ1v) is 8.84. The largest absolute Gasteiger partial charge is 0.345 e. The lowest BCUT2D eigenvalue weighted by Crippen LogP contribution is -2.25. The number of aryl methyl sites for hydroxylation is 1. The number of rotatable bonds is 3. The first-order valence-electron chi connectivity index (χ1n) is 8.84. The van der Waals surface area contributed by atoms with Crippen LogP contribution in [-0.4, -0.2) is 20.3 Å². The van der Waals surface area contributed by atoms with Crippen molar-refractivity contribution in [2.45, 2.75) is 19.9 Å². The zero-order valence-electron chi connectivity index (χ0n) is 15.4. The van der Waals surface area contributed by atoms with Crippen molar-refractivity contribution in [3.63, 3.8) is 0 Å². The van der Waals surface area contributed by atoms with Crippen molar-refractivity contribution in [1.29, 1.82) is 0 Å². The van der Waals surface area contributed by atoms with E-state index in [0.29, 0.717) is 16.8 Å². The second kappa shape index (κ2) is 6.39. The number of hydrogen-bond donors (Lipinski definition) is 1. The summed E-state index contributed by atoms with van der Waals surface area (Å²) in [6, 6.07) is 15.2. The van der Waals surface area contributed by atoms with Gasteiger partial charge in [-0.05, 0) is 38.1 Å². The van der Waals surface area contributed by atoms with E-state index in [1.807, 2.05) is 30.5 Å². The van der Waals surface area contributed by atoms with Gasteiger partial charge < -0.3 is 9.88 Å². The highest BCUT2D eigenvalue weighted by Gasteiger charge is 2.17. The van der Waals surface area contributed by atoms with Crippen LogP contribution >= 0.6 is 0 Å². The lowest BCUT2D eigenvalue weighted by Gasteiger charge is -2.12. The Kier molecular flexibility index (Phi) is 4.03. The molecule has 6 heteroatoms. The van der Waals surface area contributed by atoms with Gasteiger partial charge in [-0.2, -0.15) is 5.10 Å². The van der Waals surface area contributed by atoms with E-state index in [2.05, 4.69) is 28.8 Å². The van der Waals surface area contributed by atoms with E-state index in [1.54, 1.807) is 31.3 Å². The van der Waals surface area contributed by atoms with Gasteiger partial charge in [0.2, 0.25) is 0 Å². The maximum absolute atomic E-state index is 13.0. The summed E-state index contributed by atoms with van der Waals surface area (Å²) >= 11 is 0. The minimum Gasteiger partial charge on any atom is -0.345 e. The molecule has 6 nitrogen and oxygen atoms in total. The van der Waals surface area contributed by atoms with Gasteiger partial charge in [0.25, 0.3) is 11.5 Å². The Balaban J connectivity index is 1.80. The molecule has 0 fully saturated rings. The van der Waals surface area contributed by atoms with Gasteiger partial charge in [0, 0.05) is 30.1 Å². The number of aromatic nitrogens is 3. The zero-order chi connectivity index (χ0) is 19.1. The summed E-state index contributed by atoms with van der Waals surface area (Å²) in [4.78, 5) is 25.2. The number of amides is 1. The van der Waals surface area contributed by atoms with Gasteiger partial charge in [0.05, 0.1) is 16.6 Å². The third-order valence-electron chi connectivity index (χ3n) is 4.74. The number of nitrogens with zero attached hydrogens (tertiary/aromatic N) is 3. The summed E-state index contributed by atoms with van der Waals surface area (Å²) in [6.45, 7) is 4.23. The summed E-state index contributed by atoms with van der Waals surface area (Å²) < 4.78 is 3.36. The molecule has 4 rings (SSSR count). The van der Waals surface area contributed by atoms with E-state index in [9.17, 15) is 9.59 Å². The van der Waals surface area contributed by atoms with Crippen molar-refractivity contribution in [3.05, 3.63) is 70.8 Å². The summed E-state index contributed by atoms with van der Waals surface area (Å²) in [6.07, 6.45) is 2.02. The Morgan fingerprint density at radius 2 is 1.74 bits per heavy atom. The van der Waals surface area contributed by atoms with Crippen molar-refractivity contribution >= 4 is 33.3 Å². The number of carbonyl (C=O) groups is 1. The van der Waals surface area contributed by atoms with Crippen LogP contribution in [0.5, 0.6) is 0 Å². The maximum Gasteiger partial charge on any atom is 0.276 e. The Labute approximate surface area is 156 Å². The maximum atomic E-state index is 13.0. The molecule has 4 aromatic rings. The van der Waals surface area contributed by atoms with Gasteiger partial charge in [-0.3, -0.25) is 9.59 Å². The van der Waals surface area contributed by atoms with Gasteiger partial charge in [0.15, 0.2) is 5.69 Å². The van der Waals surface area contributed by atoms with E-state index in [4.69, 9.17) is 0 Å². The topological polar surface area (TPSA) is 68.9 Å². The fraction of sp³-hybridized carbons (Fsp3) is 0.190. The molecule has 0 saturated heterocycles. The molecule has 0 bridgehead atoms. The smallest absolute Gasteiger partial charge is 0.276 e. The van der Waals surface area contributed by atoms with Crippen LogP contribution in [0.4, 0.5) is 5.69 Å². The van der Waals surface area contributed by atoms with Crippen LogP contribution < -0.4 is 10.9 Å². The summed E-state index contributed by atoms with van der Waals surface area (Å²) in [7, 11) is 1.55. The van der Waals surface area contributed by atoms with Crippen LogP contribution in [0.2, 0.25) is 0 Å². The van der Waals surface area contributed by atoms with Gasteiger partial charge in [-0.15, -0.1) is 0 Å². The van der Waals surface area contributed by atoms with E-state index in [0.717, 1.165) is 16.6 Å². The van der Waals surface area contributed by atoms with E-state index in [1.165, 1.54) is 4.68 Å². The molecule has 2 aromatic heterocycles. The lowest BCUT2D eigenvalue weighted by molar-refractivity contribution is 0.102. The average molecular weight is 360 g/mol. The molecule has 1 amide bonds. The first-order chi connectivity index (χ1) is 13.0. The standard InChI is InChI=1S/C21H20N4O2/c1-13(2)25-12-11-16-17(9-6-10-18(16)25)22-20(26)19-14-7-4-5-8-15(14)21(27)24(3)23-19/h4-13H,1-3H3,(H,22,26). The molecule has 2 heterocycles. The van der Waals surface area contributed by atoms with Crippen molar-refractivity contribution in [3.8, 4) is 0 Å². The molecule has 1 N–H and O–H groups in total. The SMILES string of the molecule is CC(C)n1ccc2c(NC(=O)c3nn(C)c(=O)c4ccccc34)cccc21. The van der Waals surface area contributed by atoms with Crippen LogP contribution in [0.25, 0.3) is 21.7 Å². The monoisotopic (exact) mass is 360 g/mol. The Hall–Kier alpha value is -3.41. The summed E-state index contributed by atoms with van der Waals surface area (Å²) in [5.41, 5.74) is 1.78. The molecule has 0 aliphatic heterocycles. The number of fused-ring (bicyclic) bond motifs is 2. The lowest BCUT2D eigenvalue weighted by atomic mass is 10.1. The molecule has 27 heavy (non-hydrogen) atoms. The third-order valence-corrected chi connectivity index (χ3v) is 4.74. The van der Waals surface area contributed by atoms with Gasteiger partial charge in [0.1, 0.15) is 0 Å². The van der Waals surface area contributed by atoms with Crippen molar-refractivity contribution in [2.24, 2.45) is 7.05 Å². The van der Waals surface area contributed by atoms with Crippen LogP contribution in [0.3, 0.4) is 0 Å². The van der Waals surface area contributed by atoms with E-state index in [-0.39, 0.29) is 17.2 Å². The fourth-order valence-electron chi connectivity index (χ4n) is 3.40. The minimum atomic E-state index is -0.341. The second-order valence-electron chi connectivity index (χ2n) is 6.83. The molecule has 0 radical (unpaired) electrons. The molecule has 0 saturated carbocycles. The molecule has 136 valence electrons. The molecule has 0 spiro atoms. The Bertz CT molecular complexity index is 1230. The summed E-state index contributed by atoms with van der Waals surface area (Å²) in [5.74, 6) is -0.341. The van der Waals surface area contributed by atoms with Gasteiger partial charge >= 0.3 is 0 Å². The van der Waals surface area contributed by atoms with Crippen LogP contribution in [0.1, 0.15) is 30.4 Å². The van der Waals surface area contributed by atoms with Crippen molar-refractivity contribution < 1.29 is 4.79 Å². The van der Waals surface area contributed by atoms with Gasteiger partial charge in [-0.25, -0.2) is 4.68 Å². The van der Waals surface area contributed by atoms with E-state index < -0.39 is 0 Å². The number of anilines is 1. The normalized spacial score (nSPS) is 11.4. The van der Waals surface area contributed by atoms with Crippen LogP contribution in [-0.2, 0) is 7.05 Å². The molecule has 0 unspecified atom stereocenters. The molecule has 0 aliphatic carbocycles. The molecule has 2 aromatic carbocycles. The van der Waals surface area contributed by atoms with E-state index >= 15 is 0 Å². The number of benzene rings is 2. The minimum absolute atomic E-state index is 0.224. The van der Waals surface area contributed by atoms with Crippen LogP contribution in [0.15, 0.2) is 59.5 Å². The highest BCUT2D eigenvalue weighted by molar-refractivity contribution is 6.13. The number of nitrogens with one attached hydrogen (secondary N) is 1.